The van der Waals surface area contributed by atoms with Crippen LogP contribution in [-0.4, -0.2) is 9.08 Å². The largest absolute Gasteiger partial charge is 0.285 e. The standard InChI is InChI=1S/C2H4N2S3/c5-1-3-4-2(6)7-1/h1,3,5H,(H,4,6). The van der Waals surface area contributed by atoms with E-state index in [-0.39, 0.29) is 4.71 Å². The van der Waals surface area contributed by atoms with Crippen LogP contribution in [-0.2, 0) is 0 Å². The fourth-order valence-corrected chi connectivity index (χ4v) is 1.65. The Labute approximate surface area is 56.9 Å². The van der Waals surface area contributed by atoms with Crippen LogP contribution in [0.5, 0.6) is 0 Å². The maximum absolute atomic E-state index is 4.04. The summed E-state index contributed by atoms with van der Waals surface area (Å²) < 4.78 is 0.854. The predicted molar refractivity (Wildman–Crippen MR) is 39.9 cm³/mol. The Bertz CT molecular complexity index is 101. The molecule has 0 amide bonds. The first kappa shape index (κ1) is 5.65. The molecule has 0 radical (unpaired) electrons. The lowest BCUT2D eigenvalue weighted by atomic mass is 11.4. The Morgan fingerprint density at radius 1 is 1.86 bits per heavy atom. The van der Waals surface area contributed by atoms with Gasteiger partial charge in [0, 0.05) is 0 Å². The van der Waals surface area contributed by atoms with Gasteiger partial charge in [0.1, 0.15) is 9.08 Å². The molecule has 1 N–H and O–H groups in total. The molecule has 0 fully saturated rings. The van der Waals surface area contributed by atoms with Crippen molar-refractivity contribution in [3.05, 3.63) is 0 Å². The van der Waals surface area contributed by atoms with Gasteiger partial charge in [-0.1, -0.05) is 11.8 Å². The molecule has 0 aromatic carbocycles. The first-order valence-corrected chi connectivity index (χ1v) is 3.50. The van der Waals surface area contributed by atoms with Gasteiger partial charge in [0.2, 0.25) is 0 Å². The van der Waals surface area contributed by atoms with Gasteiger partial charge in [0.15, 0.2) is 0 Å². The lowest BCUT2D eigenvalue weighted by molar-refractivity contribution is 0.863. The normalized spacial score (nSPS) is 29.4. The first-order chi connectivity index (χ1) is 3.29. The van der Waals surface area contributed by atoms with Crippen molar-refractivity contribution in [2.45, 2.75) is 4.71 Å². The van der Waals surface area contributed by atoms with E-state index < -0.39 is 0 Å². The highest BCUT2D eigenvalue weighted by molar-refractivity contribution is 8.35. The second kappa shape index (κ2) is 2.19. The van der Waals surface area contributed by atoms with Crippen molar-refractivity contribution in [3.8, 4) is 0 Å². The number of thioether (sulfide) groups is 1. The fourth-order valence-electron chi connectivity index (χ4n) is 0.263. The number of hydrazone groups is 1. The molecule has 0 aromatic rings. The minimum Gasteiger partial charge on any atom is -0.285 e. The second-order valence-electron chi connectivity index (χ2n) is 0.994. The molecule has 0 aliphatic carbocycles. The Morgan fingerprint density at radius 3 is 2.71 bits per heavy atom. The van der Waals surface area contributed by atoms with Crippen molar-refractivity contribution in [2.24, 2.45) is 5.10 Å². The van der Waals surface area contributed by atoms with Gasteiger partial charge in [-0.3, -0.25) is 5.43 Å². The molecular formula is C2H4N2S3. The monoisotopic (exact) mass is 152 g/mol. The van der Waals surface area contributed by atoms with Crippen molar-refractivity contribution in [1.29, 1.82) is 0 Å². The topological polar surface area (TPSA) is 24.4 Å². The Morgan fingerprint density at radius 2 is 2.57 bits per heavy atom. The zero-order valence-corrected chi connectivity index (χ0v) is 5.93. The lowest BCUT2D eigenvalue weighted by Gasteiger charge is -1.93. The Balaban J connectivity index is 2.42. The van der Waals surface area contributed by atoms with Crippen LogP contribution in [0.4, 0.5) is 0 Å². The number of thiol groups is 2. The SMILES string of the molecule is SC1=NNC(S)S1. The van der Waals surface area contributed by atoms with Crippen molar-refractivity contribution in [1.82, 2.24) is 5.43 Å². The molecule has 1 heterocycles. The summed E-state index contributed by atoms with van der Waals surface area (Å²) in [5.74, 6) is 0. The smallest absolute Gasteiger partial charge is 0.149 e. The highest BCUT2D eigenvalue weighted by atomic mass is 32.2. The Kier molecular flexibility index (Phi) is 1.77. The predicted octanol–water partition coefficient (Wildman–Crippen LogP) is 0.737. The molecule has 2 nitrogen and oxygen atoms in total. The van der Waals surface area contributed by atoms with E-state index in [1.807, 2.05) is 0 Å². The summed E-state index contributed by atoms with van der Waals surface area (Å²) in [5, 5.41) is 3.73. The van der Waals surface area contributed by atoms with E-state index in [1.165, 1.54) is 11.8 Å². The quantitative estimate of drug-likeness (QED) is 0.446. The molecule has 1 aliphatic heterocycles. The van der Waals surface area contributed by atoms with Gasteiger partial charge in [0.05, 0.1) is 0 Å². The molecule has 0 saturated heterocycles. The summed E-state index contributed by atoms with van der Waals surface area (Å²) in [7, 11) is 0. The van der Waals surface area contributed by atoms with Gasteiger partial charge in [0.25, 0.3) is 0 Å². The second-order valence-corrected chi connectivity index (χ2v) is 3.68. The van der Waals surface area contributed by atoms with E-state index in [4.69, 9.17) is 0 Å². The fraction of sp³-hybridized carbons (Fsp3) is 0.500. The minimum absolute atomic E-state index is 0.104. The van der Waals surface area contributed by atoms with Crippen LogP contribution in [0.1, 0.15) is 0 Å². The summed E-state index contributed by atoms with van der Waals surface area (Å²) in [6, 6.07) is 0. The molecular weight excluding hydrogens is 148 g/mol. The van der Waals surface area contributed by atoms with E-state index in [0.29, 0.717) is 0 Å². The van der Waals surface area contributed by atoms with Crippen LogP contribution in [0.15, 0.2) is 5.10 Å². The summed E-state index contributed by atoms with van der Waals surface area (Å²) >= 11 is 9.48. The van der Waals surface area contributed by atoms with E-state index in [1.54, 1.807) is 0 Å². The van der Waals surface area contributed by atoms with E-state index in [2.05, 4.69) is 35.8 Å². The highest BCUT2D eigenvalue weighted by Gasteiger charge is 2.09. The maximum Gasteiger partial charge on any atom is 0.149 e. The van der Waals surface area contributed by atoms with E-state index in [9.17, 15) is 0 Å². The number of hydrogen-bond donors (Lipinski definition) is 3. The number of nitrogens with zero attached hydrogens (tertiary/aromatic N) is 1. The zero-order chi connectivity index (χ0) is 5.28. The third kappa shape index (κ3) is 1.47. The third-order valence-corrected chi connectivity index (χ3v) is 1.97. The number of nitrogens with one attached hydrogen (secondary N) is 1. The van der Waals surface area contributed by atoms with Crippen LogP contribution in [0.3, 0.4) is 0 Å². The maximum atomic E-state index is 4.04. The lowest BCUT2D eigenvalue weighted by Crippen LogP contribution is -2.06. The molecule has 1 atom stereocenters. The van der Waals surface area contributed by atoms with Crippen molar-refractivity contribution in [2.75, 3.05) is 0 Å². The molecule has 0 spiro atoms. The van der Waals surface area contributed by atoms with E-state index in [0.717, 1.165) is 4.38 Å². The van der Waals surface area contributed by atoms with Crippen molar-refractivity contribution in [3.63, 3.8) is 0 Å². The molecule has 0 aromatic heterocycles. The molecule has 5 heteroatoms. The molecule has 0 saturated carbocycles. The van der Waals surface area contributed by atoms with Crippen LogP contribution in [0, 0.1) is 0 Å². The molecule has 0 bridgehead atoms. The van der Waals surface area contributed by atoms with Crippen molar-refractivity contribution < 1.29 is 0 Å². The van der Waals surface area contributed by atoms with Gasteiger partial charge >= 0.3 is 0 Å². The van der Waals surface area contributed by atoms with Crippen LogP contribution in [0.25, 0.3) is 0 Å². The minimum atomic E-state index is 0.104. The first-order valence-electron chi connectivity index (χ1n) is 1.66. The van der Waals surface area contributed by atoms with Crippen LogP contribution in [0.2, 0.25) is 0 Å². The molecule has 1 rings (SSSR count). The molecule has 1 unspecified atom stereocenters. The zero-order valence-electron chi connectivity index (χ0n) is 3.33. The van der Waals surface area contributed by atoms with Gasteiger partial charge in [-0.2, -0.15) is 5.10 Å². The van der Waals surface area contributed by atoms with Gasteiger partial charge in [-0.25, -0.2) is 0 Å². The van der Waals surface area contributed by atoms with E-state index >= 15 is 0 Å². The summed E-state index contributed by atoms with van der Waals surface area (Å²) in [6.45, 7) is 0. The molecule has 7 heavy (non-hydrogen) atoms. The van der Waals surface area contributed by atoms with Crippen LogP contribution < -0.4 is 5.43 Å². The van der Waals surface area contributed by atoms with Crippen LogP contribution >= 0.6 is 37.0 Å². The molecule has 1 aliphatic rings. The summed E-state index contributed by atoms with van der Waals surface area (Å²) in [4.78, 5) is 0. The highest BCUT2D eigenvalue weighted by Crippen LogP contribution is 2.20. The average molecular weight is 152 g/mol. The third-order valence-electron chi connectivity index (χ3n) is 0.488. The number of rotatable bonds is 0. The van der Waals surface area contributed by atoms with Gasteiger partial charge < -0.3 is 0 Å². The number of hydrogen-bond acceptors (Lipinski definition) is 4. The average Bonchev–Trinajstić information content (AvgIpc) is 1.87. The summed E-state index contributed by atoms with van der Waals surface area (Å²) in [6.07, 6.45) is 0. The summed E-state index contributed by atoms with van der Waals surface area (Å²) in [5.41, 5.74) is 2.71. The van der Waals surface area contributed by atoms with Gasteiger partial charge in [-0.15, -0.1) is 25.3 Å². The Hall–Kier alpha value is 0.520. The van der Waals surface area contributed by atoms with Crippen molar-refractivity contribution >= 4 is 41.4 Å². The molecule has 40 valence electrons. The van der Waals surface area contributed by atoms with Gasteiger partial charge in [-0.05, 0) is 0 Å².